The number of hydrogen-bond acceptors (Lipinski definition) is 2. The maximum atomic E-state index is 3.63. The molecular formula is C50H31NS. The third-order valence-electron chi connectivity index (χ3n) is 10.1. The highest BCUT2D eigenvalue weighted by molar-refractivity contribution is 7.26. The molecule has 0 saturated carbocycles. The number of thiophene rings is 1. The second-order valence-electron chi connectivity index (χ2n) is 13.1. The van der Waals surface area contributed by atoms with E-state index >= 15 is 0 Å². The zero-order valence-corrected chi connectivity index (χ0v) is 29.1. The first-order valence-corrected chi connectivity index (χ1v) is 18.4. The Morgan fingerprint density at radius 1 is 0.423 bits per heavy atom. The topological polar surface area (TPSA) is 3.24 Å². The van der Waals surface area contributed by atoms with Gasteiger partial charge in [0.25, 0.3) is 0 Å². The lowest BCUT2D eigenvalue weighted by atomic mass is 9.92. The fourth-order valence-corrected chi connectivity index (χ4v) is 8.86. The molecule has 0 saturated heterocycles. The van der Waals surface area contributed by atoms with Gasteiger partial charge in [-0.1, -0.05) is 151 Å². The fourth-order valence-electron chi connectivity index (χ4n) is 7.65. The van der Waals surface area contributed by atoms with Crippen molar-refractivity contribution < 1.29 is 0 Å². The van der Waals surface area contributed by atoms with E-state index in [1.54, 1.807) is 0 Å². The molecule has 9 aromatic rings. The van der Waals surface area contributed by atoms with Gasteiger partial charge >= 0.3 is 0 Å². The van der Waals surface area contributed by atoms with Crippen molar-refractivity contribution in [2.75, 3.05) is 4.90 Å². The minimum atomic E-state index is 0.941. The first-order valence-electron chi connectivity index (χ1n) is 17.6. The summed E-state index contributed by atoms with van der Waals surface area (Å²) in [4.78, 5) is 2.34. The van der Waals surface area contributed by atoms with Crippen molar-refractivity contribution in [2.45, 2.75) is 0 Å². The summed E-state index contributed by atoms with van der Waals surface area (Å²) in [6.07, 6.45) is 4.39. The third-order valence-corrected chi connectivity index (χ3v) is 11.3. The summed E-state index contributed by atoms with van der Waals surface area (Å²) >= 11 is 1.84. The Kier molecular flexibility index (Phi) is 7.31. The van der Waals surface area contributed by atoms with Crippen molar-refractivity contribution in [1.29, 1.82) is 0 Å². The van der Waals surface area contributed by atoms with E-state index in [2.05, 4.69) is 204 Å². The zero-order chi connectivity index (χ0) is 34.4. The van der Waals surface area contributed by atoms with Gasteiger partial charge in [-0.2, -0.15) is 0 Å². The SMILES string of the molecule is C1=C=C(N(c2ccc(-c3ccccc3-c3ccccc3)cc2)c2cccc3c2sc2ccccc23)C=CC=1c1cc2ccccc2c2ccccc12. The summed E-state index contributed by atoms with van der Waals surface area (Å²) in [6, 6.07) is 63.2. The Balaban J connectivity index is 1.15. The van der Waals surface area contributed by atoms with Crippen molar-refractivity contribution in [3.05, 3.63) is 211 Å². The molecule has 1 nitrogen and oxygen atoms in total. The van der Waals surface area contributed by atoms with Crippen LogP contribution in [-0.4, -0.2) is 0 Å². The van der Waals surface area contributed by atoms with Crippen molar-refractivity contribution >= 4 is 70.0 Å². The monoisotopic (exact) mass is 677 g/mol. The molecule has 0 radical (unpaired) electrons. The van der Waals surface area contributed by atoms with Crippen LogP contribution in [0.5, 0.6) is 0 Å². The highest BCUT2D eigenvalue weighted by Gasteiger charge is 2.20. The Morgan fingerprint density at radius 3 is 1.83 bits per heavy atom. The highest BCUT2D eigenvalue weighted by Crippen LogP contribution is 2.44. The Hall–Kier alpha value is -6.66. The molecule has 2 heteroatoms. The molecule has 0 bridgehead atoms. The van der Waals surface area contributed by atoms with Crippen LogP contribution in [0.25, 0.3) is 69.5 Å². The smallest absolute Gasteiger partial charge is 0.0974 e. The van der Waals surface area contributed by atoms with Gasteiger partial charge in [0.15, 0.2) is 0 Å². The van der Waals surface area contributed by atoms with Crippen LogP contribution in [0.15, 0.2) is 205 Å². The van der Waals surface area contributed by atoms with Gasteiger partial charge in [-0.3, -0.25) is 0 Å². The predicted octanol–water partition coefficient (Wildman–Crippen LogP) is 14.1. The quantitative estimate of drug-likeness (QED) is 0.125. The minimum absolute atomic E-state index is 0.941. The number of benzene rings is 8. The van der Waals surface area contributed by atoms with Crippen LogP contribution in [-0.2, 0) is 0 Å². The van der Waals surface area contributed by atoms with Crippen LogP contribution in [0.2, 0.25) is 0 Å². The normalized spacial score (nSPS) is 12.5. The zero-order valence-electron chi connectivity index (χ0n) is 28.3. The molecule has 0 fully saturated rings. The molecule has 1 aromatic heterocycles. The maximum absolute atomic E-state index is 3.63. The van der Waals surface area contributed by atoms with Gasteiger partial charge in [0.1, 0.15) is 0 Å². The van der Waals surface area contributed by atoms with Crippen LogP contribution in [0, 0.1) is 0 Å². The molecule has 242 valence electrons. The average molecular weight is 678 g/mol. The van der Waals surface area contributed by atoms with E-state index < -0.39 is 0 Å². The molecule has 0 atom stereocenters. The second kappa shape index (κ2) is 12.6. The number of hydrogen-bond donors (Lipinski definition) is 0. The Morgan fingerprint density at radius 2 is 1.06 bits per heavy atom. The molecule has 0 spiro atoms. The van der Waals surface area contributed by atoms with Crippen LogP contribution in [0.4, 0.5) is 11.4 Å². The standard InChI is InChI=1S/C50H31NS/c1-2-13-34(14-3-1)40-16-6-7-17-41(40)35-25-29-38(30-26-35)51(48-23-12-22-46-45-21-10-11-24-49(45)52-50(46)48)39-31-27-36(28-32-39)47-33-37-15-4-5-18-42(37)43-19-8-9-20-44(43)47/h1-27,29-31,33H. The summed E-state index contributed by atoms with van der Waals surface area (Å²) in [5.41, 5.74) is 17.4. The largest absolute Gasteiger partial charge is 0.302 e. The van der Waals surface area contributed by atoms with Crippen molar-refractivity contribution in [2.24, 2.45) is 0 Å². The van der Waals surface area contributed by atoms with Gasteiger partial charge in [-0.25, -0.2) is 0 Å². The lowest BCUT2D eigenvalue weighted by molar-refractivity contribution is 1.23. The molecule has 1 aliphatic carbocycles. The number of anilines is 2. The number of rotatable bonds is 6. The molecule has 10 rings (SSSR count). The predicted molar refractivity (Wildman–Crippen MR) is 223 cm³/mol. The molecule has 52 heavy (non-hydrogen) atoms. The van der Waals surface area contributed by atoms with E-state index in [-0.39, 0.29) is 0 Å². The second-order valence-corrected chi connectivity index (χ2v) is 14.2. The van der Waals surface area contributed by atoms with Gasteiger partial charge in [-0.15, -0.1) is 11.3 Å². The Labute approximate surface area is 306 Å². The summed E-state index contributed by atoms with van der Waals surface area (Å²) < 4.78 is 2.53. The van der Waals surface area contributed by atoms with Crippen LogP contribution < -0.4 is 4.90 Å². The van der Waals surface area contributed by atoms with Crippen molar-refractivity contribution in [3.8, 4) is 22.3 Å². The van der Waals surface area contributed by atoms with Gasteiger partial charge in [0, 0.05) is 26.7 Å². The van der Waals surface area contributed by atoms with E-state index in [0.29, 0.717) is 0 Å². The van der Waals surface area contributed by atoms with E-state index in [0.717, 1.165) is 28.2 Å². The minimum Gasteiger partial charge on any atom is -0.302 e. The van der Waals surface area contributed by atoms with Gasteiger partial charge in [-0.05, 0) is 97.6 Å². The van der Waals surface area contributed by atoms with Crippen LogP contribution in [0.1, 0.15) is 5.56 Å². The first kappa shape index (κ1) is 30.2. The van der Waals surface area contributed by atoms with Crippen LogP contribution in [0.3, 0.4) is 0 Å². The Bertz CT molecular complexity index is 2970. The average Bonchev–Trinajstić information content (AvgIpc) is 3.61. The van der Waals surface area contributed by atoms with E-state index in [1.807, 2.05) is 11.3 Å². The molecule has 0 unspecified atom stereocenters. The lowest BCUT2D eigenvalue weighted by Gasteiger charge is -2.26. The molecule has 8 aromatic carbocycles. The lowest BCUT2D eigenvalue weighted by Crippen LogP contribution is -2.15. The third kappa shape index (κ3) is 5.11. The number of allylic oxidation sites excluding steroid dienone is 3. The molecule has 1 heterocycles. The summed E-state index contributed by atoms with van der Waals surface area (Å²) in [5.74, 6) is 0. The van der Waals surface area contributed by atoms with E-state index in [4.69, 9.17) is 0 Å². The summed E-state index contributed by atoms with van der Waals surface area (Å²) in [7, 11) is 0. The fraction of sp³-hybridized carbons (Fsp3) is 0. The van der Waals surface area contributed by atoms with Crippen LogP contribution >= 0.6 is 11.3 Å². The number of fused-ring (bicyclic) bond motifs is 6. The summed E-state index contributed by atoms with van der Waals surface area (Å²) in [5, 5.41) is 7.50. The highest BCUT2D eigenvalue weighted by atomic mass is 32.1. The molecular weight excluding hydrogens is 647 g/mol. The molecule has 0 N–H and O–H groups in total. The summed E-state index contributed by atoms with van der Waals surface area (Å²) in [6.45, 7) is 0. The van der Waals surface area contributed by atoms with Gasteiger partial charge in [0.05, 0.1) is 16.1 Å². The van der Waals surface area contributed by atoms with E-state index in [1.165, 1.54) is 64.0 Å². The van der Waals surface area contributed by atoms with Gasteiger partial charge in [0.2, 0.25) is 0 Å². The van der Waals surface area contributed by atoms with Crippen molar-refractivity contribution in [1.82, 2.24) is 0 Å². The molecule has 1 aliphatic rings. The van der Waals surface area contributed by atoms with E-state index in [9.17, 15) is 0 Å². The first-order chi connectivity index (χ1) is 25.8. The van der Waals surface area contributed by atoms with Gasteiger partial charge < -0.3 is 4.90 Å². The van der Waals surface area contributed by atoms with Crippen molar-refractivity contribution in [3.63, 3.8) is 0 Å². The molecule has 0 aliphatic heterocycles. The maximum Gasteiger partial charge on any atom is 0.0974 e. The number of nitrogens with zero attached hydrogens (tertiary/aromatic N) is 1. The molecule has 0 amide bonds.